The van der Waals surface area contributed by atoms with Crippen molar-refractivity contribution in [3.05, 3.63) is 82.9 Å². The minimum atomic E-state index is -0.727. The number of likely N-dealkylation sites (tertiary alicyclic amines) is 1. The quantitative estimate of drug-likeness (QED) is 0.292. The lowest BCUT2D eigenvalue weighted by Gasteiger charge is -2.26. The molecule has 1 amide bonds. The molecule has 2 aromatic rings. The first-order chi connectivity index (χ1) is 14.8. The summed E-state index contributed by atoms with van der Waals surface area (Å²) in [5.74, 6) is -0.979. The number of hydrogen-bond donors (Lipinski definition) is 1. The summed E-state index contributed by atoms with van der Waals surface area (Å²) < 4.78 is 5.46. The molecule has 162 valence electrons. The first kappa shape index (κ1) is 22.6. The van der Waals surface area contributed by atoms with Gasteiger partial charge in [-0.1, -0.05) is 36.4 Å². The van der Waals surface area contributed by atoms with Crippen LogP contribution in [0.1, 0.15) is 17.2 Å². The van der Waals surface area contributed by atoms with Crippen LogP contribution in [0.5, 0.6) is 5.75 Å². The van der Waals surface area contributed by atoms with Gasteiger partial charge in [0, 0.05) is 23.7 Å². The summed E-state index contributed by atoms with van der Waals surface area (Å²) in [6.07, 6.45) is 1.63. The van der Waals surface area contributed by atoms with Crippen molar-refractivity contribution >= 4 is 29.1 Å². The lowest BCUT2D eigenvalue weighted by molar-refractivity contribution is -0.140. The number of nitrogens with zero attached hydrogens (tertiary/aromatic N) is 2. The van der Waals surface area contributed by atoms with Gasteiger partial charge in [-0.25, -0.2) is 0 Å². The maximum Gasteiger partial charge on any atom is 0.295 e. The third-order valence-electron chi connectivity index (χ3n) is 4.99. The first-order valence-electron chi connectivity index (χ1n) is 9.86. The van der Waals surface area contributed by atoms with Crippen molar-refractivity contribution in [1.29, 1.82) is 0 Å². The minimum absolute atomic E-state index is 0.0470. The average Bonchev–Trinajstić information content (AvgIpc) is 3.01. The monoisotopic (exact) mass is 440 g/mol. The number of ketones is 1. The summed E-state index contributed by atoms with van der Waals surface area (Å²) in [7, 11) is 3.78. The van der Waals surface area contributed by atoms with E-state index < -0.39 is 17.7 Å². The molecule has 1 N–H and O–H groups in total. The van der Waals surface area contributed by atoms with E-state index in [2.05, 4.69) is 6.58 Å². The molecule has 0 bridgehead atoms. The van der Waals surface area contributed by atoms with Crippen LogP contribution in [0.2, 0.25) is 5.02 Å². The van der Waals surface area contributed by atoms with Crippen LogP contribution in [0.15, 0.2) is 66.8 Å². The van der Waals surface area contributed by atoms with Crippen LogP contribution in [-0.4, -0.2) is 60.4 Å². The number of ether oxygens (including phenoxy) is 1. The summed E-state index contributed by atoms with van der Waals surface area (Å²) in [6, 6.07) is 12.9. The third kappa shape index (κ3) is 4.98. The Kier molecular flexibility index (Phi) is 7.15. The zero-order chi connectivity index (χ0) is 22.5. The van der Waals surface area contributed by atoms with Crippen LogP contribution < -0.4 is 4.74 Å². The van der Waals surface area contributed by atoms with E-state index in [9.17, 15) is 14.7 Å². The molecule has 1 aliphatic rings. The van der Waals surface area contributed by atoms with Gasteiger partial charge in [0.25, 0.3) is 11.7 Å². The van der Waals surface area contributed by atoms with Crippen molar-refractivity contribution in [3.63, 3.8) is 0 Å². The molecule has 1 saturated heterocycles. The predicted molar refractivity (Wildman–Crippen MR) is 121 cm³/mol. The van der Waals surface area contributed by atoms with Gasteiger partial charge in [0.15, 0.2) is 0 Å². The summed E-state index contributed by atoms with van der Waals surface area (Å²) in [4.78, 5) is 29.2. The molecular weight excluding hydrogens is 416 g/mol. The molecular formula is C24H25ClN2O4. The van der Waals surface area contributed by atoms with Crippen LogP contribution in [0.3, 0.4) is 0 Å². The molecule has 6 nitrogen and oxygen atoms in total. The second-order valence-corrected chi connectivity index (χ2v) is 7.91. The van der Waals surface area contributed by atoms with E-state index in [1.165, 1.54) is 4.90 Å². The molecule has 0 aliphatic carbocycles. The summed E-state index contributed by atoms with van der Waals surface area (Å²) in [5.41, 5.74) is 1.13. The molecule has 0 spiro atoms. The highest BCUT2D eigenvalue weighted by Crippen LogP contribution is 2.40. The number of carbonyl (C=O) groups excluding carboxylic acids is 2. The van der Waals surface area contributed by atoms with Crippen molar-refractivity contribution in [2.24, 2.45) is 0 Å². The van der Waals surface area contributed by atoms with Crippen molar-refractivity contribution in [2.45, 2.75) is 6.04 Å². The molecule has 0 unspecified atom stereocenters. The summed E-state index contributed by atoms with van der Waals surface area (Å²) in [5, 5.41) is 11.5. The fourth-order valence-corrected chi connectivity index (χ4v) is 3.66. The Bertz CT molecular complexity index is 1010. The Morgan fingerprint density at radius 1 is 1.23 bits per heavy atom. The number of halogens is 1. The van der Waals surface area contributed by atoms with E-state index >= 15 is 0 Å². The van der Waals surface area contributed by atoms with Crippen LogP contribution in [0.25, 0.3) is 5.76 Å². The smallest absolute Gasteiger partial charge is 0.295 e. The minimum Gasteiger partial charge on any atom is -0.507 e. The molecule has 0 radical (unpaired) electrons. The Hall–Kier alpha value is -3.09. The number of carbonyl (C=O) groups is 2. The molecule has 1 heterocycles. The van der Waals surface area contributed by atoms with Crippen LogP contribution in [-0.2, 0) is 9.59 Å². The van der Waals surface area contributed by atoms with Crippen molar-refractivity contribution in [1.82, 2.24) is 9.80 Å². The van der Waals surface area contributed by atoms with Gasteiger partial charge < -0.3 is 19.6 Å². The zero-order valence-corrected chi connectivity index (χ0v) is 18.3. The molecule has 1 aliphatic heterocycles. The molecule has 0 saturated carbocycles. The second kappa shape index (κ2) is 9.81. The van der Waals surface area contributed by atoms with Gasteiger partial charge >= 0.3 is 0 Å². The van der Waals surface area contributed by atoms with Crippen LogP contribution >= 0.6 is 11.6 Å². The topological polar surface area (TPSA) is 70.1 Å². The Balaban J connectivity index is 2.07. The normalized spacial score (nSPS) is 17.9. The molecule has 31 heavy (non-hydrogen) atoms. The summed E-state index contributed by atoms with van der Waals surface area (Å²) >= 11 is 6.18. The number of benzene rings is 2. The summed E-state index contributed by atoms with van der Waals surface area (Å²) in [6.45, 7) is 4.87. The SMILES string of the molecule is C=CCOc1ccc(/C(O)=C2\C(=O)C(=O)N(CCN(C)C)[C@H]2c2cccc(Cl)c2)cc1. The first-order valence-corrected chi connectivity index (χ1v) is 10.2. The highest BCUT2D eigenvalue weighted by molar-refractivity contribution is 6.46. The standard InChI is InChI=1S/C24H25ClN2O4/c1-4-14-31-19-10-8-16(9-11-19)22(28)20-21(17-6-5-7-18(25)15-17)27(13-12-26(2)3)24(30)23(20)29/h4-11,15,21,28H,1,12-14H2,2-3H3/b22-20+/t21-/m0/s1. The predicted octanol–water partition coefficient (Wildman–Crippen LogP) is 3.89. The van der Waals surface area contributed by atoms with Crippen molar-refractivity contribution in [2.75, 3.05) is 33.8 Å². The molecule has 1 fully saturated rings. The number of amides is 1. The third-order valence-corrected chi connectivity index (χ3v) is 5.22. The Morgan fingerprint density at radius 2 is 1.94 bits per heavy atom. The van der Waals surface area contributed by atoms with Gasteiger partial charge in [-0.2, -0.15) is 0 Å². The van der Waals surface area contributed by atoms with E-state index in [4.69, 9.17) is 16.3 Å². The highest BCUT2D eigenvalue weighted by Gasteiger charge is 2.45. The van der Waals surface area contributed by atoms with Gasteiger partial charge in [-0.05, 0) is 56.1 Å². The zero-order valence-electron chi connectivity index (χ0n) is 17.5. The largest absolute Gasteiger partial charge is 0.507 e. The number of likely N-dealkylation sites (N-methyl/N-ethyl adjacent to an activating group) is 1. The lowest BCUT2D eigenvalue weighted by Crippen LogP contribution is -2.35. The number of aliphatic hydroxyl groups excluding tert-OH is 1. The van der Waals surface area contributed by atoms with Crippen molar-refractivity contribution in [3.8, 4) is 5.75 Å². The van der Waals surface area contributed by atoms with Gasteiger partial charge in [0.2, 0.25) is 0 Å². The Morgan fingerprint density at radius 3 is 2.55 bits per heavy atom. The molecule has 2 aromatic carbocycles. The van der Waals surface area contributed by atoms with E-state index in [0.29, 0.717) is 41.6 Å². The van der Waals surface area contributed by atoms with E-state index in [1.54, 1.807) is 54.6 Å². The number of hydrogen-bond acceptors (Lipinski definition) is 5. The Labute approximate surface area is 187 Å². The lowest BCUT2D eigenvalue weighted by atomic mass is 9.95. The molecule has 3 rings (SSSR count). The van der Waals surface area contributed by atoms with Gasteiger partial charge in [-0.3, -0.25) is 9.59 Å². The highest BCUT2D eigenvalue weighted by atomic mass is 35.5. The van der Waals surface area contributed by atoms with Gasteiger partial charge in [0.1, 0.15) is 18.1 Å². The molecule has 7 heteroatoms. The number of Topliss-reactive ketones (excluding diaryl/α,β-unsaturated/α-hetero) is 1. The molecule has 0 aromatic heterocycles. The number of rotatable bonds is 8. The van der Waals surface area contributed by atoms with Crippen molar-refractivity contribution < 1.29 is 19.4 Å². The number of aliphatic hydroxyl groups is 1. The van der Waals surface area contributed by atoms with E-state index in [-0.39, 0.29) is 11.3 Å². The van der Waals surface area contributed by atoms with Crippen LogP contribution in [0.4, 0.5) is 0 Å². The van der Waals surface area contributed by atoms with Gasteiger partial charge in [-0.15, -0.1) is 0 Å². The van der Waals surface area contributed by atoms with Gasteiger partial charge in [0.05, 0.1) is 11.6 Å². The maximum atomic E-state index is 13.0. The van der Waals surface area contributed by atoms with E-state index in [0.717, 1.165) is 0 Å². The van der Waals surface area contributed by atoms with Crippen LogP contribution in [0, 0.1) is 0 Å². The second-order valence-electron chi connectivity index (χ2n) is 7.47. The fraction of sp³-hybridized carbons (Fsp3) is 0.250. The molecule has 1 atom stereocenters. The fourth-order valence-electron chi connectivity index (χ4n) is 3.46. The maximum absolute atomic E-state index is 13.0. The average molecular weight is 441 g/mol. The van der Waals surface area contributed by atoms with E-state index in [1.807, 2.05) is 19.0 Å².